The van der Waals surface area contributed by atoms with Gasteiger partial charge in [-0.2, -0.15) is 0 Å². The van der Waals surface area contributed by atoms with Crippen LogP contribution in [-0.4, -0.2) is 37.1 Å². The van der Waals surface area contributed by atoms with Crippen LogP contribution in [0, 0.1) is 5.41 Å². The maximum absolute atomic E-state index is 11.6. The van der Waals surface area contributed by atoms with E-state index in [1.54, 1.807) is 0 Å². The normalized spacial score (nSPS) is 23.1. The number of esters is 1. The minimum Gasteiger partial charge on any atom is -0.468 e. The highest BCUT2D eigenvalue weighted by atomic mass is 16.5. The summed E-state index contributed by atoms with van der Waals surface area (Å²) < 4.78 is 4.87. The Bertz CT molecular complexity index is 233. The summed E-state index contributed by atoms with van der Waals surface area (Å²) in [7, 11) is 1.48. The minimum absolute atomic E-state index is 0.00102. The molecule has 1 rings (SSSR count). The van der Waals surface area contributed by atoms with Gasteiger partial charge >= 0.3 is 5.97 Å². The van der Waals surface area contributed by atoms with E-state index in [0.717, 1.165) is 32.4 Å². The van der Waals surface area contributed by atoms with Gasteiger partial charge in [0.1, 0.15) is 6.04 Å². The molecule has 0 bridgehead atoms. The van der Waals surface area contributed by atoms with E-state index in [4.69, 9.17) is 4.74 Å². The first-order valence-corrected chi connectivity index (χ1v) is 6.26. The van der Waals surface area contributed by atoms with Gasteiger partial charge in [0.25, 0.3) is 0 Å². The van der Waals surface area contributed by atoms with Crippen molar-refractivity contribution < 1.29 is 9.53 Å². The molecule has 0 aromatic rings. The first-order chi connectivity index (χ1) is 7.44. The van der Waals surface area contributed by atoms with Crippen LogP contribution in [0.1, 0.15) is 46.5 Å². The quantitative estimate of drug-likeness (QED) is 0.694. The third-order valence-electron chi connectivity index (χ3n) is 3.24. The summed E-state index contributed by atoms with van der Waals surface area (Å²) in [5, 5.41) is 0. The van der Waals surface area contributed by atoms with Crippen molar-refractivity contribution in [3.05, 3.63) is 0 Å². The van der Waals surface area contributed by atoms with Gasteiger partial charge in [0.2, 0.25) is 0 Å². The SMILES string of the molecule is COC(=O)[C@H]1CCCCN1CCC(C)(C)C. The lowest BCUT2D eigenvalue weighted by atomic mass is 9.91. The lowest BCUT2D eigenvalue weighted by molar-refractivity contribution is -0.148. The Morgan fingerprint density at radius 3 is 2.62 bits per heavy atom. The number of likely N-dealkylation sites (tertiary alicyclic amines) is 1. The van der Waals surface area contributed by atoms with Crippen LogP contribution in [0.5, 0.6) is 0 Å². The van der Waals surface area contributed by atoms with E-state index < -0.39 is 0 Å². The van der Waals surface area contributed by atoms with Gasteiger partial charge in [-0.3, -0.25) is 9.69 Å². The lowest BCUT2D eigenvalue weighted by Gasteiger charge is -2.35. The molecule has 0 aliphatic carbocycles. The van der Waals surface area contributed by atoms with Crippen LogP contribution in [0.15, 0.2) is 0 Å². The molecule has 0 aromatic heterocycles. The van der Waals surface area contributed by atoms with Crippen molar-refractivity contribution in [2.45, 2.75) is 52.5 Å². The monoisotopic (exact) mass is 227 g/mol. The summed E-state index contributed by atoms with van der Waals surface area (Å²) in [5.41, 5.74) is 0.331. The van der Waals surface area contributed by atoms with Gasteiger partial charge in [-0.25, -0.2) is 0 Å². The molecule has 1 atom stereocenters. The second-order valence-electron chi connectivity index (χ2n) is 5.88. The van der Waals surface area contributed by atoms with Gasteiger partial charge < -0.3 is 4.74 Å². The lowest BCUT2D eigenvalue weighted by Crippen LogP contribution is -2.46. The zero-order valence-corrected chi connectivity index (χ0v) is 11.1. The highest BCUT2D eigenvalue weighted by Gasteiger charge is 2.29. The van der Waals surface area contributed by atoms with E-state index in [1.807, 2.05) is 0 Å². The largest absolute Gasteiger partial charge is 0.468 e. The standard InChI is InChI=1S/C13H25NO2/c1-13(2,3)8-10-14-9-6-5-7-11(14)12(15)16-4/h11H,5-10H2,1-4H3/t11-/m1/s1. The Labute approximate surface area is 99.1 Å². The summed E-state index contributed by atoms with van der Waals surface area (Å²) in [6.45, 7) is 8.76. The van der Waals surface area contributed by atoms with Crippen LogP contribution < -0.4 is 0 Å². The van der Waals surface area contributed by atoms with Crippen LogP contribution in [0.2, 0.25) is 0 Å². The average molecular weight is 227 g/mol. The first kappa shape index (κ1) is 13.5. The van der Waals surface area contributed by atoms with E-state index in [9.17, 15) is 4.79 Å². The molecular formula is C13H25NO2. The summed E-state index contributed by atoms with van der Waals surface area (Å²) >= 11 is 0. The van der Waals surface area contributed by atoms with Crippen LogP contribution in [0.4, 0.5) is 0 Å². The van der Waals surface area contributed by atoms with Crippen molar-refractivity contribution in [3.8, 4) is 0 Å². The predicted molar refractivity (Wildman–Crippen MR) is 65.3 cm³/mol. The number of piperidine rings is 1. The summed E-state index contributed by atoms with van der Waals surface area (Å²) in [5.74, 6) is -0.0615. The van der Waals surface area contributed by atoms with Crippen LogP contribution in [0.3, 0.4) is 0 Å². The van der Waals surface area contributed by atoms with Crippen molar-refractivity contribution in [1.29, 1.82) is 0 Å². The fraction of sp³-hybridized carbons (Fsp3) is 0.923. The average Bonchev–Trinajstić information content (AvgIpc) is 2.25. The molecule has 0 amide bonds. The van der Waals surface area contributed by atoms with Crippen molar-refractivity contribution in [1.82, 2.24) is 4.90 Å². The van der Waals surface area contributed by atoms with E-state index in [0.29, 0.717) is 5.41 Å². The molecule has 16 heavy (non-hydrogen) atoms. The Morgan fingerprint density at radius 1 is 1.38 bits per heavy atom. The summed E-state index contributed by atoms with van der Waals surface area (Å²) in [6.07, 6.45) is 4.43. The number of carbonyl (C=O) groups excluding carboxylic acids is 1. The number of hydrogen-bond acceptors (Lipinski definition) is 3. The molecule has 0 spiro atoms. The summed E-state index contributed by atoms with van der Waals surface area (Å²) in [6, 6.07) is 0.00102. The molecular weight excluding hydrogens is 202 g/mol. The Kier molecular flexibility index (Phi) is 4.78. The van der Waals surface area contributed by atoms with E-state index in [2.05, 4.69) is 25.7 Å². The van der Waals surface area contributed by atoms with Gasteiger partial charge in [0, 0.05) is 0 Å². The van der Waals surface area contributed by atoms with Gasteiger partial charge in [-0.05, 0) is 37.8 Å². The van der Waals surface area contributed by atoms with Crippen LogP contribution >= 0.6 is 0 Å². The molecule has 94 valence electrons. The minimum atomic E-state index is -0.0615. The Balaban J connectivity index is 2.50. The molecule has 3 heteroatoms. The first-order valence-electron chi connectivity index (χ1n) is 6.26. The second-order valence-corrected chi connectivity index (χ2v) is 5.88. The maximum atomic E-state index is 11.6. The van der Waals surface area contributed by atoms with Gasteiger partial charge in [-0.15, -0.1) is 0 Å². The van der Waals surface area contributed by atoms with Crippen molar-refractivity contribution in [3.63, 3.8) is 0 Å². The fourth-order valence-electron chi connectivity index (χ4n) is 2.14. The molecule has 1 aliphatic rings. The number of methoxy groups -OCH3 is 1. The topological polar surface area (TPSA) is 29.5 Å². The molecule has 1 aliphatic heterocycles. The molecule has 1 saturated heterocycles. The van der Waals surface area contributed by atoms with E-state index in [-0.39, 0.29) is 12.0 Å². The van der Waals surface area contributed by atoms with Gasteiger partial charge in [-0.1, -0.05) is 27.2 Å². The zero-order chi connectivity index (χ0) is 12.2. The second kappa shape index (κ2) is 5.67. The molecule has 0 unspecified atom stereocenters. The van der Waals surface area contributed by atoms with E-state index >= 15 is 0 Å². The number of carbonyl (C=O) groups is 1. The highest BCUT2D eigenvalue weighted by molar-refractivity contribution is 5.75. The van der Waals surface area contributed by atoms with Gasteiger partial charge in [0.15, 0.2) is 0 Å². The number of ether oxygens (including phenoxy) is 1. The van der Waals surface area contributed by atoms with Crippen molar-refractivity contribution in [2.24, 2.45) is 5.41 Å². The van der Waals surface area contributed by atoms with Crippen molar-refractivity contribution in [2.75, 3.05) is 20.2 Å². The third-order valence-corrected chi connectivity index (χ3v) is 3.24. The third kappa shape index (κ3) is 4.12. The van der Waals surface area contributed by atoms with Gasteiger partial charge in [0.05, 0.1) is 7.11 Å². The van der Waals surface area contributed by atoms with E-state index in [1.165, 1.54) is 13.5 Å². The molecule has 0 radical (unpaired) electrons. The summed E-state index contributed by atoms with van der Waals surface area (Å²) in [4.78, 5) is 13.9. The number of nitrogens with zero attached hydrogens (tertiary/aromatic N) is 1. The molecule has 0 aromatic carbocycles. The van der Waals surface area contributed by atoms with Crippen LogP contribution in [-0.2, 0) is 9.53 Å². The maximum Gasteiger partial charge on any atom is 0.323 e. The Hall–Kier alpha value is -0.570. The molecule has 1 heterocycles. The molecule has 0 saturated carbocycles. The molecule has 3 nitrogen and oxygen atoms in total. The predicted octanol–water partition coefficient (Wildman–Crippen LogP) is 2.45. The zero-order valence-electron chi connectivity index (χ0n) is 11.1. The fourth-order valence-corrected chi connectivity index (χ4v) is 2.14. The highest BCUT2D eigenvalue weighted by Crippen LogP contribution is 2.23. The van der Waals surface area contributed by atoms with Crippen LogP contribution in [0.25, 0.3) is 0 Å². The van der Waals surface area contributed by atoms with Crippen molar-refractivity contribution >= 4 is 5.97 Å². The Morgan fingerprint density at radius 2 is 2.06 bits per heavy atom. The number of rotatable bonds is 3. The smallest absolute Gasteiger partial charge is 0.323 e. The molecule has 1 fully saturated rings. The number of hydrogen-bond donors (Lipinski definition) is 0. The molecule has 0 N–H and O–H groups in total.